The number of hydrogen-bond acceptors (Lipinski definition) is 5. The van der Waals surface area contributed by atoms with Gasteiger partial charge >= 0.3 is 0 Å². The molecule has 0 aromatic heterocycles. The Morgan fingerprint density at radius 2 is 2.00 bits per heavy atom. The first-order chi connectivity index (χ1) is 11.5. The molecule has 24 heavy (non-hydrogen) atoms. The third-order valence-corrected chi connectivity index (χ3v) is 3.79. The van der Waals surface area contributed by atoms with Gasteiger partial charge in [0.1, 0.15) is 6.29 Å². The first-order valence-corrected chi connectivity index (χ1v) is 7.48. The number of aliphatic hydroxyl groups excluding tert-OH is 1. The Morgan fingerprint density at radius 3 is 2.62 bits per heavy atom. The molecule has 1 heterocycles. The number of amides is 3. The normalized spacial score (nSPS) is 14.8. The van der Waals surface area contributed by atoms with Crippen molar-refractivity contribution in [2.75, 3.05) is 13.7 Å². The van der Waals surface area contributed by atoms with E-state index in [9.17, 15) is 19.2 Å². The highest BCUT2D eigenvalue weighted by Crippen LogP contribution is 2.27. The molecule has 0 saturated carbocycles. The number of carbonyl (C=O) groups is 4. The highest BCUT2D eigenvalue weighted by atomic mass is 16.2. The Balaban J connectivity index is 2.26. The van der Waals surface area contributed by atoms with Gasteiger partial charge < -0.3 is 15.2 Å². The van der Waals surface area contributed by atoms with E-state index in [0.29, 0.717) is 11.8 Å². The van der Waals surface area contributed by atoms with Gasteiger partial charge in [-0.2, -0.15) is 0 Å². The average molecular weight is 330 g/mol. The smallest absolute Gasteiger partial charge is 0.262 e. The Bertz CT molecular complexity index is 711. The number of aldehydes is 1. The zero-order valence-corrected chi connectivity index (χ0v) is 13.2. The first-order valence-electron chi connectivity index (χ1n) is 7.48. The van der Waals surface area contributed by atoms with Crippen molar-refractivity contribution in [1.29, 1.82) is 0 Å². The van der Waals surface area contributed by atoms with Crippen molar-refractivity contribution in [3.05, 3.63) is 41.0 Å². The first kappa shape index (κ1) is 17.6. The van der Waals surface area contributed by atoms with E-state index in [4.69, 9.17) is 5.11 Å². The van der Waals surface area contributed by atoms with Crippen LogP contribution in [0.25, 0.3) is 6.08 Å². The molecule has 0 aliphatic carbocycles. The maximum absolute atomic E-state index is 12.5. The van der Waals surface area contributed by atoms with Gasteiger partial charge in [-0.25, -0.2) is 0 Å². The lowest BCUT2D eigenvalue weighted by Crippen LogP contribution is -2.41. The minimum Gasteiger partial charge on any atom is -0.392 e. The molecular weight excluding hydrogens is 312 g/mol. The number of rotatable bonds is 7. The van der Waals surface area contributed by atoms with E-state index < -0.39 is 17.9 Å². The highest BCUT2D eigenvalue weighted by Gasteiger charge is 2.39. The Hall–Kier alpha value is -2.80. The SMILES string of the molecule is CNC(=O)CCC(C=O)N1C(=O)c2ccc(/C=C/CO)cc2C1=O. The van der Waals surface area contributed by atoms with Gasteiger partial charge in [-0.05, 0) is 24.1 Å². The summed E-state index contributed by atoms with van der Waals surface area (Å²) in [6.45, 7) is -0.136. The van der Waals surface area contributed by atoms with Gasteiger partial charge in [0.05, 0.1) is 23.8 Å². The Kier molecular flexibility index (Phi) is 5.59. The van der Waals surface area contributed by atoms with E-state index in [1.807, 2.05) is 0 Å². The topological polar surface area (TPSA) is 104 Å². The maximum atomic E-state index is 12.5. The molecule has 7 heteroatoms. The summed E-state index contributed by atoms with van der Waals surface area (Å²) in [7, 11) is 1.47. The van der Waals surface area contributed by atoms with Crippen LogP contribution in [-0.2, 0) is 9.59 Å². The highest BCUT2D eigenvalue weighted by molar-refractivity contribution is 6.22. The minimum atomic E-state index is -0.980. The van der Waals surface area contributed by atoms with Crippen LogP contribution in [0.2, 0.25) is 0 Å². The van der Waals surface area contributed by atoms with Crippen LogP contribution in [-0.4, -0.2) is 53.7 Å². The lowest BCUT2D eigenvalue weighted by atomic mass is 10.1. The van der Waals surface area contributed by atoms with Crippen LogP contribution in [0.5, 0.6) is 0 Å². The summed E-state index contributed by atoms with van der Waals surface area (Å²) in [6, 6.07) is 3.74. The molecule has 1 atom stereocenters. The number of imide groups is 1. The largest absolute Gasteiger partial charge is 0.392 e. The van der Waals surface area contributed by atoms with Gasteiger partial charge in [-0.15, -0.1) is 0 Å². The molecule has 1 unspecified atom stereocenters. The van der Waals surface area contributed by atoms with Crippen molar-refractivity contribution in [2.45, 2.75) is 18.9 Å². The Labute approximate surface area is 139 Å². The molecule has 0 fully saturated rings. The summed E-state index contributed by atoms with van der Waals surface area (Å²) < 4.78 is 0. The van der Waals surface area contributed by atoms with Crippen molar-refractivity contribution in [3.8, 4) is 0 Å². The quantitative estimate of drug-likeness (QED) is 0.556. The van der Waals surface area contributed by atoms with Gasteiger partial charge in [0.15, 0.2) is 0 Å². The molecule has 2 rings (SSSR count). The molecule has 3 amide bonds. The van der Waals surface area contributed by atoms with Crippen LogP contribution < -0.4 is 5.32 Å². The average Bonchev–Trinajstić information content (AvgIpc) is 2.85. The number of fused-ring (bicyclic) bond motifs is 1. The third-order valence-electron chi connectivity index (χ3n) is 3.79. The zero-order chi connectivity index (χ0) is 17.7. The van der Waals surface area contributed by atoms with Crippen molar-refractivity contribution in [3.63, 3.8) is 0 Å². The van der Waals surface area contributed by atoms with Crippen molar-refractivity contribution in [1.82, 2.24) is 10.2 Å². The molecule has 1 aromatic rings. The number of nitrogens with zero attached hydrogens (tertiary/aromatic N) is 1. The van der Waals surface area contributed by atoms with E-state index >= 15 is 0 Å². The molecule has 1 aromatic carbocycles. The van der Waals surface area contributed by atoms with Crippen LogP contribution in [0.1, 0.15) is 39.1 Å². The van der Waals surface area contributed by atoms with Gasteiger partial charge in [-0.1, -0.05) is 18.2 Å². The summed E-state index contributed by atoms with van der Waals surface area (Å²) >= 11 is 0. The minimum absolute atomic E-state index is 0.0395. The van der Waals surface area contributed by atoms with Crippen LogP contribution in [0.4, 0.5) is 0 Å². The van der Waals surface area contributed by atoms with E-state index in [-0.39, 0.29) is 36.5 Å². The number of nitrogens with one attached hydrogen (secondary N) is 1. The molecule has 7 nitrogen and oxygen atoms in total. The summed E-state index contributed by atoms with van der Waals surface area (Å²) in [5.74, 6) is -1.36. The lowest BCUT2D eigenvalue weighted by molar-refractivity contribution is -0.121. The summed E-state index contributed by atoms with van der Waals surface area (Å²) in [5.41, 5.74) is 1.11. The molecule has 0 bridgehead atoms. The standard InChI is InChI=1S/C17H18N2O5/c1-18-15(22)7-5-12(10-21)19-16(23)13-6-4-11(3-2-8-20)9-14(13)17(19)24/h2-4,6,9-10,12,20H,5,7-8H2,1H3,(H,18,22)/b3-2+. The maximum Gasteiger partial charge on any atom is 0.262 e. The predicted molar refractivity (Wildman–Crippen MR) is 86.2 cm³/mol. The van der Waals surface area contributed by atoms with Gasteiger partial charge in [0, 0.05) is 13.5 Å². The number of hydrogen-bond donors (Lipinski definition) is 2. The van der Waals surface area contributed by atoms with Gasteiger partial charge in [-0.3, -0.25) is 19.3 Å². The fraction of sp³-hybridized carbons (Fsp3) is 0.294. The molecule has 0 radical (unpaired) electrons. The van der Waals surface area contributed by atoms with Crippen LogP contribution in [0.3, 0.4) is 0 Å². The van der Waals surface area contributed by atoms with Crippen LogP contribution in [0.15, 0.2) is 24.3 Å². The summed E-state index contributed by atoms with van der Waals surface area (Å²) in [6.07, 6.45) is 3.77. The van der Waals surface area contributed by atoms with Crippen LogP contribution in [0, 0.1) is 0 Å². The van der Waals surface area contributed by atoms with Gasteiger partial charge in [0.2, 0.25) is 5.91 Å². The zero-order valence-electron chi connectivity index (χ0n) is 13.2. The molecule has 126 valence electrons. The lowest BCUT2D eigenvalue weighted by Gasteiger charge is -2.20. The third kappa shape index (κ3) is 3.41. The fourth-order valence-electron chi connectivity index (χ4n) is 2.53. The van der Waals surface area contributed by atoms with Crippen molar-refractivity contribution < 1.29 is 24.3 Å². The molecular formula is C17H18N2O5. The van der Waals surface area contributed by atoms with E-state index in [1.165, 1.54) is 19.2 Å². The van der Waals surface area contributed by atoms with E-state index in [0.717, 1.165) is 4.90 Å². The summed E-state index contributed by atoms with van der Waals surface area (Å²) in [5, 5.41) is 11.2. The fourth-order valence-corrected chi connectivity index (χ4v) is 2.53. The molecule has 1 aliphatic rings. The molecule has 1 aliphatic heterocycles. The molecule has 0 saturated heterocycles. The molecule has 2 N–H and O–H groups in total. The van der Waals surface area contributed by atoms with Gasteiger partial charge in [0.25, 0.3) is 11.8 Å². The summed E-state index contributed by atoms with van der Waals surface area (Å²) in [4.78, 5) is 48.5. The number of carbonyl (C=O) groups excluding carboxylic acids is 4. The van der Waals surface area contributed by atoms with Crippen molar-refractivity contribution >= 4 is 30.1 Å². The second kappa shape index (κ2) is 7.65. The van der Waals surface area contributed by atoms with Crippen LogP contribution >= 0.6 is 0 Å². The second-order valence-corrected chi connectivity index (χ2v) is 5.29. The number of benzene rings is 1. The van der Waals surface area contributed by atoms with Crippen molar-refractivity contribution in [2.24, 2.45) is 0 Å². The Morgan fingerprint density at radius 1 is 1.29 bits per heavy atom. The van der Waals surface area contributed by atoms with E-state index in [2.05, 4.69) is 5.32 Å². The monoisotopic (exact) mass is 330 g/mol. The van der Waals surface area contributed by atoms with E-state index in [1.54, 1.807) is 18.2 Å². The predicted octanol–water partition coefficient (Wildman–Crippen LogP) is 0.382. The second-order valence-electron chi connectivity index (χ2n) is 5.29. The number of aliphatic hydroxyl groups is 1. The molecule has 0 spiro atoms.